The largest absolute Gasteiger partial charge is 0.381 e. The summed E-state index contributed by atoms with van der Waals surface area (Å²) in [5, 5.41) is 5.03. The van der Waals surface area contributed by atoms with Gasteiger partial charge in [0, 0.05) is 36.9 Å². The van der Waals surface area contributed by atoms with Crippen molar-refractivity contribution < 1.29 is 4.74 Å². The molecule has 0 spiro atoms. The number of pyridine rings is 1. The Morgan fingerprint density at radius 2 is 1.96 bits per heavy atom. The van der Waals surface area contributed by atoms with Gasteiger partial charge in [0.1, 0.15) is 11.2 Å². The van der Waals surface area contributed by atoms with E-state index in [1.807, 2.05) is 23.0 Å². The molecule has 1 aliphatic carbocycles. The number of hydrogen-bond acceptors (Lipinski definition) is 5. The summed E-state index contributed by atoms with van der Waals surface area (Å²) in [5.41, 5.74) is 1.67. The maximum atomic E-state index is 12.6. The summed E-state index contributed by atoms with van der Waals surface area (Å²) in [5.74, 6) is 1.29. The summed E-state index contributed by atoms with van der Waals surface area (Å²) in [6.45, 7) is 1.46. The highest BCUT2D eigenvalue weighted by Gasteiger charge is 2.36. The molecule has 3 aromatic rings. The van der Waals surface area contributed by atoms with Crippen LogP contribution < -0.4 is 5.56 Å². The predicted molar refractivity (Wildman–Crippen MR) is 96.2 cm³/mol. The van der Waals surface area contributed by atoms with Gasteiger partial charge in [-0.1, -0.05) is 6.07 Å². The van der Waals surface area contributed by atoms with E-state index < -0.39 is 0 Å². The average molecular weight is 351 g/mol. The van der Waals surface area contributed by atoms with Crippen molar-refractivity contribution in [2.24, 2.45) is 0 Å². The van der Waals surface area contributed by atoms with Crippen molar-refractivity contribution in [1.29, 1.82) is 0 Å². The van der Waals surface area contributed by atoms with Crippen molar-refractivity contribution >= 4 is 11.0 Å². The number of rotatable bonds is 3. The van der Waals surface area contributed by atoms with Crippen LogP contribution in [-0.4, -0.2) is 37.9 Å². The van der Waals surface area contributed by atoms with Gasteiger partial charge >= 0.3 is 0 Å². The number of fused-ring (bicyclic) bond motifs is 1. The van der Waals surface area contributed by atoms with Crippen LogP contribution in [0.3, 0.4) is 0 Å². The monoisotopic (exact) mass is 351 g/mol. The van der Waals surface area contributed by atoms with E-state index in [1.165, 1.54) is 0 Å². The third-order valence-electron chi connectivity index (χ3n) is 5.71. The van der Waals surface area contributed by atoms with Gasteiger partial charge in [-0.3, -0.25) is 9.78 Å². The van der Waals surface area contributed by atoms with Crippen molar-refractivity contribution in [3.05, 3.63) is 52.5 Å². The minimum Gasteiger partial charge on any atom is -0.381 e. The highest BCUT2D eigenvalue weighted by Crippen LogP contribution is 2.47. The van der Waals surface area contributed by atoms with Crippen LogP contribution in [0.4, 0.5) is 0 Å². The topological polar surface area (TPSA) is 85.7 Å². The first-order valence-corrected chi connectivity index (χ1v) is 9.27. The van der Waals surface area contributed by atoms with Crippen LogP contribution in [0, 0.1) is 0 Å². The van der Waals surface area contributed by atoms with Gasteiger partial charge in [0.25, 0.3) is 5.56 Å². The zero-order valence-corrected chi connectivity index (χ0v) is 14.5. The fourth-order valence-corrected chi connectivity index (χ4v) is 4.10. The summed E-state index contributed by atoms with van der Waals surface area (Å²) >= 11 is 0. The van der Waals surface area contributed by atoms with Gasteiger partial charge in [-0.15, -0.1) is 0 Å². The number of nitrogens with zero attached hydrogens (tertiary/aromatic N) is 4. The summed E-state index contributed by atoms with van der Waals surface area (Å²) < 4.78 is 7.37. The maximum absolute atomic E-state index is 12.6. The molecular weight excluding hydrogens is 330 g/mol. The molecule has 0 radical (unpaired) electrons. The van der Waals surface area contributed by atoms with E-state index in [1.54, 1.807) is 6.20 Å². The van der Waals surface area contributed by atoms with E-state index >= 15 is 0 Å². The smallest absolute Gasteiger partial charge is 0.262 e. The van der Waals surface area contributed by atoms with E-state index in [0.29, 0.717) is 17.0 Å². The molecule has 0 unspecified atom stereocenters. The van der Waals surface area contributed by atoms with E-state index in [0.717, 1.165) is 50.4 Å². The highest BCUT2D eigenvalue weighted by atomic mass is 16.5. The zero-order chi connectivity index (χ0) is 17.5. The van der Waals surface area contributed by atoms with E-state index in [9.17, 15) is 4.79 Å². The van der Waals surface area contributed by atoms with Gasteiger partial charge < -0.3 is 9.72 Å². The molecular formula is C19H21N5O2. The summed E-state index contributed by atoms with van der Waals surface area (Å²) in [6, 6.07) is 6.24. The van der Waals surface area contributed by atoms with Crippen molar-refractivity contribution in [3.8, 4) is 0 Å². The molecule has 0 aromatic carbocycles. The fraction of sp³-hybridized carbons (Fsp3) is 0.474. The Morgan fingerprint density at radius 1 is 1.12 bits per heavy atom. The molecule has 7 nitrogen and oxygen atoms in total. The van der Waals surface area contributed by atoms with Crippen molar-refractivity contribution in [2.45, 2.75) is 43.6 Å². The van der Waals surface area contributed by atoms with Crippen LogP contribution in [0.2, 0.25) is 0 Å². The molecule has 26 heavy (non-hydrogen) atoms. The minimum absolute atomic E-state index is 0.102. The lowest BCUT2D eigenvalue weighted by Crippen LogP contribution is -2.27. The molecule has 0 amide bonds. The molecule has 1 saturated carbocycles. The Labute approximate surface area is 150 Å². The third kappa shape index (κ3) is 2.54. The maximum Gasteiger partial charge on any atom is 0.262 e. The fourth-order valence-electron chi connectivity index (χ4n) is 4.10. The molecule has 3 aromatic heterocycles. The number of ether oxygens (including phenoxy) is 1. The second-order valence-electron chi connectivity index (χ2n) is 7.17. The van der Waals surface area contributed by atoms with Gasteiger partial charge in [-0.25, -0.2) is 9.67 Å². The second kappa shape index (κ2) is 6.32. The lowest BCUT2D eigenvalue weighted by Gasteiger charge is -2.35. The van der Waals surface area contributed by atoms with Crippen molar-refractivity contribution in [3.63, 3.8) is 0 Å². The van der Waals surface area contributed by atoms with Crippen LogP contribution in [0.25, 0.3) is 11.0 Å². The first-order chi connectivity index (χ1) is 12.8. The molecule has 5 rings (SSSR count). The normalized spacial score (nSPS) is 23.8. The molecule has 2 atom stereocenters. The quantitative estimate of drug-likeness (QED) is 0.784. The lowest BCUT2D eigenvalue weighted by atomic mass is 9.71. The molecule has 134 valence electrons. The van der Waals surface area contributed by atoms with Crippen LogP contribution in [0.1, 0.15) is 55.1 Å². The molecule has 0 bridgehead atoms. The first-order valence-electron chi connectivity index (χ1n) is 9.27. The Morgan fingerprint density at radius 3 is 2.69 bits per heavy atom. The van der Waals surface area contributed by atoms with Crippen molar-refractivity contribution in [1.82, 2.24) is 24.7 Å². The summed E-state index contributed by atoms with van der Waals surface area (Å²) in [6.07, 6.45) is 7.35. The van der Waals surface area contributed by atoms with Crippen molar-refractivity contribution in [2.75, 3.05) is 13.2 Å². The number of aromatic amines is 1. The zero-order valence-electron chi connectivity index (χ0n) is 14.5. The third-order valence-corrected chi connectivity index (χ3v) is 5.71. The lowest BCUT2D eigenvalue weighted by molar-refractivity contribution is 0.0673. The van der Waals surface area contributed by atoms with Gasteiger partial charge in [0.15, 0.2) is 5.65 Å². The Hall–Kier alpha value is -2.54. The molecule has 2 fully saturated rings. The predicted octanol–water partition coefficient (Wildman–Crippen LogP) is 2.53. The first kappa shape index (κ1) is 15.7. The van der Waals surface area contributed by atoms with E-state index in [-0.39, 0.29) is 17.5 Å². The molecule has 2 aliphatic rings. The van der Waals surface area contributed by atoms with Gasteiger partial charge in [0.2, 0.25) is 0 Å². The molecule has 4 heterocycles. The minimum atomic E-state index is -0.102. The second-order valence-corrected chi connectivity index (χ2v) is 7.17. The van der Waals surface area contributed by atoms with Gasteiger partial charge in [-0.2, -0.15) is 5.10 Å². The van der Waals surface area contributed by atoms with Crippen LogP contribution in [0.5, 0.6) is 0 Å². The average Bonchev–Trinajstić information content (AvgIpc) is 3.07. The standard InChI is InChI=1S/C19H21N5O2/c25-19-15-11-21-24(12-6-9-26-10-7-12)18(15)22-17(23-19)14-5-4-13(14)16-3-1-2-8-20-16/h1-3,8,11-14H,4-7,9-10H2,(H,22,23,25)/t13-,14-/m0/s1. The molecule has 7 heteroatoms. The van der Waals surface area contributed by atoms with Crippen LogP contribution >= 0.6 is 0 Å². The number of nitrogens with one attached hydrogen (secondary N) is 1. The van der Waals surface area contributed by atoms with E-state index in [4.69, 9.17) is 9.72 Å². The van der Waals surface area contributed by atoms with Crippen LogP contribution in [0.15, 0.2) is 35.4 Å². The number of H-pyrrole nitrogens is 1. The van der Waals surface area contributed by atoms with Gasteiger partial charge in [0.05, 0.1) is 12.2 Å². The summed E-state index contributed by atoms with van der Waals surface area (Å²) in [7, 11) is 0. The SMILES string of the molecule is O=c1[nH]c([C@H]2CC[C@@H]2c2ccccn2)nc2c1cnn2C1CCOCC1. The Balaban J connectivity index is 1.53. The Kier molecular flexibility index (Phi) is 3.81. The van der Waals surface area contributed by atoms with E-state index in [2.05, 4.69) is 21.1 Å². The molecule has 1 aliphatic heterocycles. The Bertz CT molecular complexity index is 975. The number of hydrogen-bond donors (Lipinski definition) is 1. The number of aromatic nitrogens is 5. The highest BCUT2D eigenvalue weighted by molar-refractivity contribution is 5.73. The molecule has 1 N–H and O–H groups in total. The van der Waals surface area contributed by atoms with Crippen LogP contribution in [-0.2, 0) is 4.74 Å². The summed E-state index contributed by atoms with van der Waals surface area (Å²) in [4.78, 5) is 24.9. The van der Waals surface area contributed by atoms with Gasteiger partial charge in [-0.05, 0) is 37.8 Å². The molecule has 1 saturated heterocycles.